The maximum atomic E-state index is 10.9. The molecule has 0 aliphatic heterocycles. The molecule has 1 aromatic heterocycles. The van der Waals surface area contributed by atoms with E-state index in [1.807, 2.05) is 36.4 Å². The van der Waals surface area contributed by atoms with Crippen LogP contribution >= 0.6 is 11.3 Å². The van der Waals surface area contributed by atoms with Crippen molar-refractivity contribution in [2.24, 2.45) is 0 Å². The van der Waals surface area contributed by atoms with Crippen LogP contribution in [-0.2, 0) is 17.6 Å². The number of nitrogens with zero attached hydrogens (tertiary/aromatic N) is 1. The van der Waals surface area contributed by atoms with Gasteiger partial charge >= 0.3 is 5.97 Å². The number of rotatable bonds is 8. The average molecular weight is 369 g/mol. The van der Waals surface area contributed by atoms with Crippen molar-refractivity contribution in [3.8, 4) is 22.1 Å². The lowest BCUT2D eigenvalue weighted by Gasteiger charge is -2.14. The summed E-state index contributed by atoms with van der Waals surface area (Å²) >= 11 is 1.40. The minimum absolute atomic E-state index is 0.0926. The van der Waals surface area contributed by atoms with Gasteiger partial charge in [0, 0.05) is 11.8 Å². The van der Waals surface area contributed by atoms with Gasteiger partial charge < -0.3 is 14.6 Å². The zero-order chi connectivity index (χ0) is 18.4. The van der Waals surface area contributed by atoms with Gasteiger partial charge in [0.1, 0.15) is 5.01 Å². The number of para-hydroxylation sites is 1. The predicted octanol–water partition coefficient (Wildman–Crippen LogP) is 4.07. The molecule has 0 fully saturated rings. The van der Waals surface area contributed by atoms with Crippen LogP contribution in [0.1, 0.15) is 11.3 Å². The molecular weight excluding hydrogens is 350 g/mol. The number of benzene rings is 2. The van der Waals surface area contributed by atoms with Gasteiger partial charge in [0.15, 0.2) is 11.5 Å². The van der Waals surface area contributed by atoms with Crippen LogP contribution in [0.15, 0.2) is 53.9 Å². The standard InChI is InChI=1S/C20H19NO4S/c1-24-17-9-5-8-16(20-21-15(13-26-20)12-18(22)23)19(17)25-11-10-14-6-3-2-4-7-14/h2-9,13H,10-12H2,1H3,(H,22,23). The van der Waals surface area contributed by atoms with Crippen LogP contribution in [0.4, 0.5) is 0 Å². The van der Waals surface area contributed by atoms with Crippen LogP contribution in [-0.4, -0.2) is 29.8 Å². The summed E-state index contributed by atoms with van der Waals surface area (Å²) in [5.74, 6) is 0.361. The molecule has 0 unspecified atom stereocenters. The van der Waals surface area contributed by atoms with Crippen molar-refractivity contribution in [3.63, 3.8) is 0 Å². The van der Waals surface area contributed by atoms with E-state index in [0.717, 1.165) is 17.0 Å². The number of aromatic nitrogens is 1. The topological polar surface area (TPSA) is 68.7 Å². The SMILES string of the molecule is COc1cccc(-c2nc(CC(=O)O)cs2)c1OCCc1ccccc1. The highest BCUT2D eigenvalue weighted by Crippen LogP contribution is 2.39. The minimum atomic E-state index is -0.896. The summed E-state index contributed by atoms with van der Waals surface area (Å²) in [5, 5.41) is 11.4. The Morgan fingerprint density at radius 3 is 2.69 bits per heavy atom. The molecule has 0 spiro atoms. The van der Waals surface area contributed by atoms with Gasteiger partial charge in [0.25, 0.3) is 0 Å². The molecule has 26 heavy (non-hydrogen) atoms. The van der Waals surface area contributed by atoms with Gasteiger partial charge in [0.2, 0.25) is 0 Å². The summed E-state index contributed by atoms with van der Waals surface area (Å²) in [4.78, 5) is 15.3. The second-order valence-electron chi connectivity index (χ2n) is 5.64. The van der Waals surface area contributed by atoms with Crippen LogP contribution in [0, 0.1) is 0 Å². The van der Waals surface area contributed by atoms with Gasteiger partial charge in [-0.1, -0.05) is 36.4 Å². The zero-order valence-electron chi connectivity index (χ0n) is 14.3. The minimum Gasteiger partial charge on any atom is -0.493 e. The monoisotopic (exact) mass is 369 g/mol. The Kier molecular flexibility index (Phi) is 5.86. The van der Waals surface area contributed by atoms with E-state index in [-0.39, 0.29) is 6.42 Å². The molecule has 3 aromatic rings. The maximum absolute atomic E-state index is 10.9. The number of carboxylic acid groups (broad SMARTS) is 1. The first kappa shape index (κ1) is 17.9. The van der Waals surface area contributed by atoms with Crippen molar-refractivity contribution in [2.75, 3.05) is 13.7 Å². The van der Waals surface area contributed by atoms with Crippen LogP contribution in [0.3, 0.4) is 0 Å². The number of thiazole rings is 1. The molecule has 0 aliphatic rings. The molecule has 134 valence electrons. The Labute approximate surface area is 155 Å². The summed E-state index contributed by atoms with van der Waals surface area (Å²) in [5.41, 5.74) is 2.54. The van der Waals surface area contributed by atoms with Crippen molar-refractivity contribution in [1.29, 1.82) is 0 Å². The van der Waals surface area contributed by atoms with Gasteiger partial charge in [0.05, 0.1) is 31.4 Å². The Morgan fingerprint density at radius 1 is 1.15 bits per heavy atom. The third kappa shape index (κ3) is 4.40. The molecule has 0 atom stereocenters. The molecule has 0 aliphatic carbocycles. The van der Waals surface area contributed by atoms with E-state index in [9.17, 15) is 4.79 Å². The molecule has 5 nitrogen and oxygen atoms in total. The number of hydrogen-bond donors (Lipinski definition) is 1. The van der Waals surface area contributed by atoms with Crippen LogP contribution in [0.25, 0.3) is 10.6 Å². The Balaban J connectivity index is 1.81. The summed E-state index contributed by atoms with van der Waals surface area (Å²) in [7, 11) is 1.60. The highest BCUT2D eigenvalue weighted by Gasteiger charge is 2.16. The Morgan fingerprint density at radius 2 is 1.96 bits per heavy atom. The lowest BCUT2D eigenvalue weighted by Crippen LogP contribution is -2.04. The number of carboxylic acids is 1. The molecule has 0 bridgehead atoms. The fourth-order valence-electron chi connectivity index (χ4n) is 2.58. The molecule has 3 rings (SSSR count). The molecule has 2 aromatic carbocycles. The zero-order valence-corrected chi connectivity index (χ0v) is 15.2. The highest BCUT2D eigenvalue weighted by atomic mass is 32.1. The smallest absolute Gasteiger partial charge is 0.309 e. The third-order valence-electron chi connectivity index (χ3n) is 3.79. The summed E-state index contributed by atoms with van der Waals surface area (Å²) in [6.07, 6.45) is 0.686. The number of carbonyl (C=O) groups is 1. The van der Waals surface area contributed by atoms with Crippen molar-refractivity contribution in [3.05, 3.63) is 65.2 Å². The molecule has 0 saturated carbocycles. The first-order chi connectivity index (χ1) is 12.7. The maximum Gasteiger partial charge on any atom is 0.309 e. The van der Waals surface area contributed by atoms with Crippen LogP contribution in [0.5, 0.6) is 11.5 Å². The van der Waals surface area contributed by atoms with E-state index in [1.54, 1.807) is 12.5 Å². The Bertz CT molecular complexity index is 877. The molecule has 0 saturated heterocycles. The first-order valence-corrected chi connectivity index (χ1v) is 9.05. The van der Waals surface area contributed by atoms with Gasteiger partial charge in [-0.05, 0) is 17.7 Å². The quantitative estimate of drug-likeness (QED) is 0.648. The van der Waals surface area contributed by atoms with E-state index in [4.69, 9.17) is 14.6 Å². The Hall–Kier alpha value is -2.86. The summed E-state index contributed by atoms with van der Waals surface area (Å²) < 4.78 is 11.5. The van der Waals surface area contributed by atoms with Crippen molar-refractivity contribution >= 4 is 17.3 Å². The predicted molar refractivity (Wildman–Crippen MR) is 101 cm³/mol. The molecule has 0 radical (unpaired) electrons. The van der Waals surface area contributed by atoms with Crippen LogP contribution < -0.4 is 9.47 Å². The number of methoxy groups -OCH3 is 1. The largest absolute Gasteiger partial charge is 0.493 e. The normalized spacial score (nSPS) is 10.5. The third-order valence-corrected chi connectivity index (χ3v) is 4.72. The van der Waals surface area contributed by atoms with Crippen molar-refractivity contribution < 1.29 is 19.4 Å². The fourth-order valence-corrected chi connectivity index (χ4v) is 3.42. The molecule has 0 amide bonds. The number of aliphatic carboxylic acids is 1. The van der Waals surface area contributed by atoms with Crippen molar-refractivity contribution in [1.82, 2.24) is 4.98 Å². The molecule has 1 N–H and O–H groups in total. The van der Waals surface area contributed by atoms with Gasteiger partial charge in [-0.2, -0.15) is 0 Å². The highest BCUT2D eigenvalue weighted by molar-refractivity contribution is 7.13. The number of hydrogen-bond acceptors (Lipinski definition) is 5. The van der Waals surface area contributed by atoms with Gasteiger partial charge in [-0.15, -0.1) is 11.3 Å². The van der Waals surface area contributed by atoms with Crippen LogP contribution in [0.2, 0.25) is 0 Å². The van der Waals surface area contributed by atoms with Gasteiger partial charge in [-0.25, -0.2) is 4.98 Å². The summed E-state index contributed by atoms with van der Waals surface area (Å²) in [6.45, 7) is 0.505. The number of ether oxygens (including phenoxy) is 2. The van der Waals surface area contributed by atoms with E-state index in [1.165, 1.54) is 16.9 Å². The molecule has 1 heterocycles. The average Bonchev–Trinajstić information content (AvgIpc) is 3.10. The lowest BCUT2D eigenvalue weighted by molar-refractivity contribution is -0.136. The lowest BCUT2D eigenvalue weighted by atomic mass is 10.1. The first-order valence-electron chi connectivity index (χ1n) is 8.17. The van der Waals surface area contributed by atoms with E-state index >= 15 is 0 Å². The fraction of sp³-hybridized carbons (Fsp3) is 0.200. The summed E-state index contributed by atoms with van der Waals surface area (Å²) in [6, 6.07) is 15.7. The van der Waals surface area contributed by atoms with E-state index in [0.29, 0.717) is 23.8 Å². The molecule has 6 heteroatoms. The van der Waals surface area contributed by atoms with Gasteiger partial charge in [-0.3, -0.25) is 4.79 Å². The molecular formula is C20H19NO4S. The van der Waals surface area contributed by atoms with E-state index < -0.39 is 5.97 Å². The second-order valence-corrected chi connectivity index (χ2v) is 6.49. The van der Waals surface area contributed by atoms with E-state index in [2.05, 4.69) is 17.1 Å². The van der Waals surface area contributed by atoms with Crippen molar-refractivity contribution in [2.45, 2.75) is 12.8 Å². The second kappa shape index (κ2) is 8.49.